The maximum absolute atomic E-state index is 13.1. The van der Waals surface area contributed by atoms with Gasteiger partial charge in [-0.05, 0) is 55.2 Å². The van der Waals surface area contributed by atoms with E-state index in [1.54, 1.807) is 36.3 Å². The molecule has 0 atom stereocenters. The second-order valence-corrected chi connectivity index (χ2v) is 12.5. The summed E-state index contributed by atoms with van der Waals surface area (Å²) in [6.45, 7) is 0.275. The van der Waals surface area contributed by atoms with E-state index in [9.17, 15) is 4.79 Å². The van der Waals surface area contributed by atoms with Crippen molar-refractivity contribution in [2.45, 2.75) is 44.4 Å². The molecule has 0 spiro atoms. The second-order valence-electron chi connectivity index (χ2n) is 10.8. The average Bonchev–Trinajstić information content (AvgIpc) is 3.84. The molecule has 0 N–H and O–H groups in total. The third-order valence-corrected chi connectivity index (χ3v) is 9.51. The number of aromatic nitrogens is 4. The molecular weight excluding hydrogens is 587 g/mol. The lowest BCUT2D eigenvalue weighted by atomic mass is 10.1. The number of hydrogen-bond acceptors (Lipinski definition) is 10. The zero-order valence-electron chi connectivity index (χ0n) is 23.5. The van der Waals surface area contributed by atoms with Crippen molar-refractivity contribution in [3.05, 3.63) is 65.3 Å². The molecule has 0 aliphatic heterocycles. The molecule has 2 aliphatic rings. The number of benzene rings is 2. The molecule has 2 fully saturated rings. The highest BCUT2D eigenvalue weighted by atomic mass is 32.1. The predicted octanol–water partition coefficient (Wildman–Crippen LogP) is 6.69. The topological polar surface area (TPSA) is 104 Å². The Bertz CT molecular complexity index is 1920. The minimum absolute atomic E-state index is 0.154. The first-order valence-corrected chi connectivity index (χ1v) is 15.8. The summed E-state index contributed by atoms with van der Waals surface area (Å²) in [5.74, 6) is 2.00. The predicted molar refractivity (Wildman–Crippen MR) is 163 cm³/mol. The summed E-state index contributed by atoms with van der Waals surface area (Å²) >= 11 is 2.91. The van der Waals surface area contributed by atoms with Crippen LogP contribution in [-0.4, -0.2) is 56.7 Å². The first-order chi connectivity index (χ1) is 21.1. The third kappa shape index (κ3) is 5.00. The van der Waals surface area contributed by atoms with Gasteiger partial charge in [0.1, 0.15) is 34.4 Å². The molecule has 2 saturated carbocycles. The summed E-state index contributed by atoms with van der Waals surface area (Å²) in [7, 11) is 3.19. The van der Waals surface area contributed by atoms with Gasteiger partial charge in [-0.2, -0.15) is 0 Å². The fourth-order valence-electron chi connectivity index (χ4n) is 5.23. The van der Waals surface area contributed by atoms with Gasteiger partial charge < -0.3 is 23.5 Å². The molecule has 0 bridgehead atoms. The van der Waals surface area contributed by atoms with E-state index in [4.69, 9.17) is 23.6 Å². The van der Waals surface area contributed by atoms with E-state index < -0.39 is 0 Å². The fraction of sp³-hybridized carbons (Fsp3) is 0.290. The van der Waals surface area contributed by atoms with Crippen LogP contribution in [0.5, 0.6) is 16.7 Å². The molecule has 218 valence electrons. The maximum Gasteiger partial charge on any atom is 0.294 e. The van der Waals surface area contributed by atoms with E-state index in [0.717, 1.165) is 52.9 Å². The van der Waals surface area contributed by atoms with Crippen molar-refractivity contribution in [1.29, 1.82) is 0 Å². The number of thiazole rings is 1. The van der Waals surface area contributed by atoms with Crippen molar-refractivity contribution >= 4 is 44.5 Å². The molecule has 4 heterocycles. The molecule has 4 aromatic heterocycles. The maximum atomic E-state index is 13.1. The Morgan fingerprint density at radius 3 is 2.53 bits per heavy atom. The highest BCUT2D eigenvalue weighted by molar-refractivity contribution is 7.18. The lowest BCUT2D eigenvalue weighted by molar-refractivity contribution is 0.0730. The number of furan rings is 1. The molecule has 2 aromatic carbocycles. The number of imidazole rings is 1. The van der Waals surface area contributed by atoms with Gasteiger partial charge in [0.2, 0.25) is 4.96 Å². The number of carbonyl (C=O) groups excluding carboxylic acids is 1. The number of fused-ring (bicyclic) bond motifs is 2. The van der Waals surface area contributed by atoms with Gasteiger partial charge in [0.25, 0.3) is 11.1 Å². The molecule has 12 heteroatoms. The molecule has 43 heavy (non-hydrogen) atoms. The molecule has 0 radical (unpaired) electrons. The van der Waals surface area contributed by atoms with Crippen molar-refractivity contribution in [3.63, 3.8) is 0 Å². The van der Waals surface area contributed by atoms with Gasteiger partial charge in [0.15, 0.2) is 5.76 Å². The molecule has 0 unspecified atom stereocenters. The highest BCUT2D eigenvalue weighted by Crippen LogP contribution is 2.39. The number of amides is 1. The van der Waals surface area contributed by atoms with Gasteiger partial charge >= 0.3 is 0 Å². The molecular formula is C31H27N5O5S2. The van der Waals surface area contributed by atoms with Crippen LogP contribution < -0.4 is 14.2 Å². The van der Waals surface area contributed by atoms with Crippen LogP contribution in [0, 0.1) is 0 Å². The number of nitrogens with zero attached hydrogens (tertiary/aromatic N) is 5. The highest BCUT2D eigenvalue weighted by Gasteiger charge is 2.42. The standard InChI is InChI=1S/C31H27N5O5S2/c1-38-22-11-25(23-13-27(41-26(23)12-22)24-14-35-30(33-24)43-31(34-35)39-2)40-15-19-16-42-28(32-19)17-3-5-18(6-4-17)29(37)36(20-7-8-20)21-9-10-21/h3-6,11-14,16,20-21H,7-10,15H2,1-2H3. The van der Waals surface area contributed by atoms with Crippen molar-refractivity contribution in [1.82, 2.24) is 24.5 Å². The monoisotopic (exact) mass is 613 g/mol. The van der Waals surface area contributed by atoms with Crippen LogP contribution in [0.15, 0.2) is 58.5 Å². The SMILES string of the molecule is COc1cc(OCc2csc(-c3ccc(C(=O)N(C4CC4)C4CC4)cc3)n2)c2cc(-c3cn4nc(OC)sc4n3)oc2c1. The van der Waals surface area contributed by atoms with Crippen LogP contribution in [0.3, 0.4) is 0 Å². The van der Waals surface area contributed by atoms with Crippen LogP contribution in [0.4, 0.5) is 0 Å². The molecule has 8 rings (SSSR count). The summed E-state index contributed by atoms with van der Waals surface area (Å²) in [4.78, 5) is 25.4. The Morgan fingerprint density at radius 1 is 1.05 bits per heavy atom. The third-order valence-electron chi connectivity index (χ3n) is 7.68. The molecule has 1 amide bonds. The van der Waals surface area contributed by atoms with Gasteiger partial charge in [0.05, 0.1) is 31.5 Å². The minimum atomic E-state index is 0.154. The minimum Gasteiger partial charge on any atom is -0.496 e. The van der Waals surface area contributed by atoms with E-state index in [-0.39, 0.29) is 12.5 Å². The zero-order chi connectivity index (χ0) is 29.1. The fourth-order valence-corrected chi connectivity index (χ4v) is 6.74. The Hall–Kier alpha value is -4.42. The van der Waals surface area contributed by atoms with Gasteiger partial charge in [0, 0.05) is 40.7 Å². The number of methoxy groups -OCH3 is 2. The quantitative estimate of drug-likeness (QED) is 0.168. The lowest BCUT2D eigenvalue weighted by Gasteiger charge is -2.22. The van der Waals surface area contributed by atoms with Gasteiger partial charge in [-0.25, -0.2) is 14.5 Å². The number of rotatable bonds is 10. The first-order valence-electron chi connectivity index (χ1n) is 14.1. The first kappa shape index (κ1) is 26.2. The summed E-state index contributed by atoms with van der Waals surface area (Å²) in [5.41, 5.74) is 3.82. The normalized spacial score (nSPS) is 14.8. The van der Waals surface area contributed by atoms with E-state index in [1.165, 1.54) is 11.3 Å². The van der Waals surface area contributed by atoms with Gasteiger partial charge in [-0.1, -0.05) is 12.1 Å². The van der Waals surface area contributed by atoms with E-state index in [2.05, 4.69) is 15.0 Å². The van der Waals surface area contributed by atoms with Crippen LogP contribution >= 0.6 is 22.7 Å². The van der Waals surface area contributed by atoms with Crippen LogP contribution in [0.2, 0.25) is 0 Å². The summed E-state index contributed by atoms with van der Waals surface area (Å²) in [6.07, 6.45) is 6.32. The second kappa shape index (κ2) is 10.4. The largest absolute Gasteiger partial charge is 0.496 e. The van der Waals surface area contributed by atoms with E-state index in [0.29, 0.717) is 50.8 Å². The summed E-state index contributed by atoms with van der Waals surface area (Å²) < 4.78 is 24.8. The molecule has 10 nitrogen and oxygen atoms in total. The van der Waals surface area contributed by atoms with Crippen LogP contribution in [-0.2, 0) is 6.61 Å². The van der Waals surface area contributed by atoms with Crippen molar-refractivity contribution < 1.29 is 23.4 Å². The summed E-state index contributed by atoms with van der Waals surface area (Å²) in [5, 5.41) is 8.56. The Balaban J connectivity index is 0.996. The molecule has 6 aromatic rings. The van der Waals surface area contributed by atoms with E-state index >= 15 is 0 Å². The lowest BCUT2D eigenvalue weighted by Crippen LogP contribution is -2.35. The van der Waals surface area contributed by atoms with Crippen LogP contribution in [0.25, 0.3) is 38.0 Å². The summed E-state index contributed by atoms with van der Waals surface area (Å²) in [6, 6.07) is 14.3. The van der Waals surface area contributed by atoms with Gasteiger partial charge in [-0.15, -0.1) is 16.4 Å². The van der Waals surface area contributed by atoms with Crippen molar-refractivity contribution in [2.24, 2.45) is 0 Å². The average molecular weight is 614 g/mol. The van der Waals surface area contributed by atoms with Crippen LogP contribution in [0.1, 0.15) is 41.7 Å². The molecule has 0 saturated heterocycles. The Kier molecular flexibility index (Phi) is 6.33. The Morgan fingerprint density at radius 2 is 1.84 bits per heavy atom. The zero-order valence-corrected chi connectivity index (χ0v) is 25.1. The van der Waals surface area contributed by atoms with Crippen molar-refractivity contribution in [3.8, 4) is 38.7 Å². The Labute approximate surface area is 254 Å². The number of carbonyl (C=O) groups is 1. The number of hydrogen-bond donors (Lipinski definition) is 0. The van der Waals surface area contributed by atoms with Gasteiger partial charge in [-0.3, -0.25) is 4.79 Å². The van der Waals surface area contributed by atoms with E-state index in [1.807, 2.05) is 47.8 Å². The van der Waals surface area contributed by atoms with Crippen molar-refractivity contribution in [2.75, 3.05) is 14.2 Å². The smallest absolute Gasteiger partial charge is 0.294 e. The molecule has 2 aliphatic carbocycles. The number of ether oxygens (including phenoxy) is 3.